The van der Waals surface area contributed by atoms with E-state index in [1.165, 1.54) is 10.2 Å². The molecule has 17 heavy (non-hydrogen) atoms. The van der Waals surface area contributed by atoms with E-state index in [-0.39, 0.29) is 6.61 Å². The lowest BCUT2D eigenvalue weighted by atomic mass is 10.1. The average Bonchev–Trinajstić information content (AvgIpc) is 2.59. The Bertz CT molecular complexity index is 587. The zero-order valence-corrected chi connectivity index (χ0v) is 10.5. The molecule has 0 unspecified atom stereocenters. The highest BCUT2D eigenvalue weighted by Gasteiger charge is 2.05. The number of ether oxygens (including phenoxy) is 1. The van der Waals surface area contributed by atoms with E-state index in [2.05, 4.69) is 16.3 Å². The molecule has 0 atom stereocenters. The quantitative estimate of drug-likeness (QED) is 0.644. The fourth-order valence-electron chi connectivity index (χ4n) is 1.54. The molecule has 1 heterocycles. The molecule has 5 nitrogen and oxygen atoms in total. The van der Waals surface area contributed by atoms with Crippen LogP contribution in [0.25, 0.3) is 0 Å². The minimum atomic E-state index is 0.285. The summed E-state index contributed by atoms with van der Waals surface area (Å²) in [6.07, 6.45) is 0. The molecule has 0 radical (unpaired) electrons. The number of aromatic amines is 1. The van der Waals surface area contributed by atoms with E-state index in [9.17, 15) is 0 Å². The minimum absolute atomic E-state index is 0.285. The van der Waals surface area contributed by atoms with Crippen LogP contribution in [0.5, 0.6) is 5.75 Å². The van der Waals surface area contributed by atoms with E-state index in [1.807, 2.05) is 26.0 Å². The number of hydrogen-bond donors (Lipinski definition) is 2. The molecule has 0 aliphatic heterocycles. The van der Waals surface area contributed by atoms with Crippen molar-refractivity contribution in [3.05, 3.63) is 39.9 Å². The van der Waals surface area contributed by atoms with Crippen molar-refractivity contribution in [1.29, 1.82) is 0 Å². The standard InChI is InChI=1S/C11H14N4OS/c1-7-3-4-9(8(2)5-7)16-6-10-13-14-11(17)15(10)12/h3-5H,6,12H2,1-2H3,(H,14,17). The van der Waals surface area contributed by atoms with Gasteiger partial charge in [0.1, 0.15) is 12.4 Å². The van der Waals surface area contributed by atoms with Crippen LogP contribution in [0.15, 0.2) is 18.2 Å². The lowest BCUT2D eigenvalue weighted by Gasteiger charge is -2.08. The van der Waals surface area contributed by atoms with Gasteiger partial charge in [-0.15, -0.1) is 0 Å². The highest BCUT2D eigenvalue weighted by atomic mass is 32.1. The van der Waals surface area contributed by atoms with Gasteiger partial charge in [-0.2, -0.15) is 5.10 Å². The number of rotatable bonds is 3. The van der Waals surface area contributed by atoms with Gasteiger partial charge in [-0.3, -0.25) is 5.10 Å². The number of nitrogen functional groups attached to an aromatic ring is 1. The van der Waals surface area contributed by atoms with E-state index in [0.717, 1.165) is 11.3 Å². The number of nitrogens with one attached hydrogen (secondary N) is 1. The smallest absolute Gasteiger partial charge is 0.214 e. The van der Waals surface area contributed by atoms with Crippen molar-refractivity contribution in [1.82, 2.24) is 14.9 Å². The first-order valence-corrected chi connectivity index (χ1v) is 5.60. The van der Waals surface area contributed by atoms with Gasteiger partial charge >= 0.3 is 0 Å². The minimum Gasteiger partial charge on any atom is -0.485 e. The van der Waals surface area contributed by atoms with Crippen LogP contribution in [-0.2, 0) is 6.61 Å². The first kappa shape index (κ1) is 11.7. The average molecular weight is 250 g/mol. The lowest BCUT2D eigenvalue weighted by molar-refractivity contribution is 0.290. The number of nitrogens with zero attached hydrogens (tertiary/aromatic N) is 2. The van der Waals surface area contributed by atoms with Gasteiger partial charge in [-0.05, 0) is 37.7 Å². The second kappa shape index (κ2) is 4.58. The molecular weight excluding hydrogens is 236 g/mol. The molecule has 0 saturated carbocycles. The molecule has 0 aliphatic rings. The fraction of sp³-hybridized carbons (Fsp3) is 0.273. The summed E-state index contributed by atoms with van der Waals surface area (Å²) in [7, 11) is 0. The van der Waals surface area contributed by atoms with Gasteiger partial charge in [0.25, 0.3) is 0 Å². The normalized spacial score (nSPS) is 10.5. The maximum Gasteiger partial charge on any atom is 0.214 e. The second-order valence-electron chi connectivity index (χ2n) is 3.87. The SMILES string of the molecule is Cc1ccc(OCc2n[nH]c(=S)n2N)c(C)c1. The molecule has 0 saturated heterocycles. The lowest BCUT2D eigenvalue weighted by Crippen LogP contribution is -2.14. The van der Waals surface area contributed by atoms with Crippen LogP contribution in [0.3, 0.4) is 0 Å². The Kier molecular flexibility index (Phi) is 3.14. The number of aromatic nitrogens is 3. The third kappa shape index (κ3) is 2.47. The van der Waals surface area contributed by atoms with E-state index >= 15 is 0 Å². The van der Waals surface area contributed by atoms with Crippen LogP contribution in [0.2, 0.25) is 0 Å². The van der Waals surface area contributed by atoms with Crippen LogP contribution >= 0.6 is 12.2 Å². The van der Waals surface area contributed by atoms with Crippen LogP contribution in [0, 0.1) is 18.6 Å². The van der Waals surface area contributed by atoms with Crippen molar-refractivity contribution in [2.45, 2.75) is 20.5 Å². The zero-order chi connectivity index (χ0) is 12.4. The van der Waals surface area contributed by atoms with Gasteiger partial charge in [0.05, 0.1) is 0 Å². The summed E-state index contributed by atoms with van der Waals surface area (Å²) >= 11 is 4.91. The van der Waals surface area contributed by atoms with Crippen LogP contribution in [-0.4, -0.2) is 14.9 Å². The van der Waals surface area contributed by atoms with Crippen LogP contribution < -0.4 is 10.6 Å². The Morgan fingerprint density at radius 3 is 2.82 bits per heavy atom. The first-order chi connectivity index (χ1) is 8.08. The van der Waals surface area contributed by atoms with Crippen molar-refractivity contribution >= 4 is 12.2 Å². The van der Waals surface area contributed by atoms with Crippen molar-refractivity contribution < 1.29 is 4.74 Å². The Hall–Kier alpha value is -1.82. The van der Waals surface area contributed by atoms with Crippen LogP contribution in [0.4, 0.5) is 0 Å². The van der Waals surface area contributed by atoms with E-state index in [4.69, 9.17) is 22.8 Å². The predicted octanol–water partition coefficient (Wildman–Crippen LogP) is 1.85. The molecule has 0 amide bonds. The number of aryl methyl sites for hydroxylation is 2. The molecule has 0 fully saturated rings. The Balaban J connectivity index is 2.12. The molecule has 1 aromatic heterocycles. The van der Waals surface area contributed by atoms with E-state index in [0.29, 0.717) is 10.6 Å². The molecule has 0 spiro atoms. The summed E-state index contributed by atoms with van der Waals surface area (Å²) in [5.74, 6) is 7.06. The maximum atomic E-state index is 5.67. The van der Waals surface area contributed by atoms with Gasteiger partial charge < -0.3 is 10.6 Å². The molecule has 0 aliphatic carbocycles. The Labute approximate surface area is 104 Å². The summed E-state index contributed by atoms with van der Waals surface area (Å²) in [5, 5.41) is 6.58. The molecule has 6 heteroatoms. The molecule has 3 N–H and O–H groups in total. The van der Waals surface area contributed by atoms with Gasteiger partial charge in [-0.25, -0.2) is 4.68 Å². The van der Waals surface area contributed by atoms with Crippen molar-refractivity contribution in [2.75, 3.05) is 5.84 Å². The monoisotopic (exact) mass is 250 g/mol. The first-order valence-electron chi connectivity index (χ1n) is 5.19. The number of benzene rings is 1. The summed E-state index contributed by atoms with van der Waals surface area (Å²) in [6.45, 7) is 4.33. The molecule has 1 aromatic carbocycles. The van der Waals surface area contributed by atoms with Gasteiger partial charge in [0.15, 0.2) is 5.82 Å². The van der Waals surface area contributed by atoms with Crippen molar-refractivity contribution in [2.24, 2.45) is 0 Å². The van der Waals surface area contributed by atoms with Gasteiger partial charge in [0.2, 0.25) is 4.77 Å². The third-order valence-electron chi connectivity index (χ3n) is 2.46. The second-order valence-corrected chi connectivity index (χ2v) is 4.26. The highest BCUT2D eigenvalue weighted by Crippen LogP contribution is 2.19. The molecule has 90 valence electrons. The van der Waals surface area contributed by atoms with Crippen LogP contribution in [0.1, 0.15) is 17.0 Å². The van der Waals surface area contributed by atoms with E-state index < -0.39 is 0 Å². The van der Waals surface area contributed by atoms with Gasteiger partial charge in [0, 0.05) is 0 Å². The highest BCUT2D eigenvalue weighted by molar-refractivity contribution is 7.71. The number of hydrogen-bond acceptors (Lipinski definition) is 4. The fourth-order valence-corrected chi connectivity index (χ4v) is 1.69. The largest absolute Gasteiger partial charge is 0.485 e. The summed E-state index contributed by atoms with van der Waals surface area (Å²) in [4.78, 5) is 0. The molecule has 2 aromatic rings. The molecule has 0 bridgehead atoms. The van der Waals surface area contributed by atoms with Crippen molar-refractivity contribution in [3.63, 3.8) is 0 Å². The topological polar surface area (TPSA) is 68.9 Å². The third-order valence-corrected chi connectivity index (χ3v) is 2.75. The van der Waals surface area contributed by atoms with Crippen molar-refractivity contribution in [3.8, 4) is 5.75 Å². The Morgan fingerprint density at radius 2 is 2.24 bits per heavy atom. The summed E-state index contributed by atoms with van der Waals surface area (Å²) in [6, 6.07) is 6.00. The predicted molar refractivity (Wildman–Crippen MR) is 67.8 cm³/mol. The Morgan fingerprint density at radius 1 is 1.47 bits per heavy atom. The molecular formula is C11H14N4OS. The van der Waals surface area contributed by atoms with Gasteiger partial charge in [-0.1, -0.05) is 17.7 Å². The number of H-pyrrole nitrogens is 1. The summed E-state index contributed by atoms with van der Waals surface area (Å²) in [5.41, 5.74) is 2.29. The number of nitrogens with two attached hydrogens (primary N) is 1. The summed E-state index contributed by atoms with van der Waals surface area (Å²) < 4.78 is 7.33. The molecule has 2 rings (SSSR count). The zero-order valence-electron chi connectivity index (χ0n) is 9.73. The van der Waals surface area contributed by atoms with E-state index in [1.54, 1.807) is 0 Å². The maximum absolute atomic E-state index is 5.67.